The number of aliphatic hydroxyl groups is 2. The van der Waals surface area contributed by atoms with Crippen molar-refractivity contribution >= 4 is 28.7 Å². The molecule has 4 N–H and O–H groups in total. The fraction of sp³-hybridized carbons (Fsp3) is 0.375. The number of aryl methyl sites for hydroxylation is 1. The SMILES string of the molecule is N#Cc1cnn2c(Nc3cc4c(c(OC/C=C/CO)c3)NC(=O)CC4)c[n+](N3CCCC3CO)nc12. The van der Waals surface area contributed by atoms with Crippen molar-refractivity contribution in [1.29, 1.82) is 5.26 Å². The second-order valence-electron chi connectivity index (χ2n) is 8.63. The molecule has 1 amide bonds. The van der Waals surface area contributed by atoms with Crippen LogP contribution in [0.2, 0.25) is 0 Å². The highest BCUT2D eigenvalue weighted by Crippen LogP contribution is 2.37. The van der Waals surface area contributed by atoms with Gasteiger partial charge in [-0.05, 0) is 37.0 Å². The fourth-order valence-corrected chi connectivity index (χ4v) is 4.55. The second kappa shape index (κ2) is 10.2. The van der Waals surface area contributed by atoms with Crippen LogP contribution in [0.15, 0.2) is 36.7 Å². The molecule has 4 heterocycles. The molecule has 2 aromatic heterocycles. The molecule has 1 fully saturated rings. The summed E-state index contributed by atoms with van der Waals surface area (Å²) in [5.74, 6) is 0.998. The first-order valence-electron chi connectivity index (χ1n) is 11.8. The van der Waals surface area contributed by atoms with Gasteiger partial charge in [-0.2, -0.15) is 19.9 Å². The molecule has 1 atom stereocenters. The Morgan fingerprint density at radius 1 is 1.33 bits per heavy atom. The Bertz CT molecular complexity index is 1360. The number of rotatable bonds is 8. The van der Waals surface area contributed by atoms with Gasteiger partial charge in [0.05, 0.1) is 36.7 Å². The van der Waals surface area contributed by atoms with Crippen LogP contribution in [0.4, 0.5) is 17.2 Å². The highest BCUT2D eigenvalue weighted by Gasteiger charge is 2.33. The van der Waals surface area contributed by atoms with Crippen LogP contribution < -0.4 is 25.2 Å². The van der Waals surface area contributed by atoms with Crippen molar-refractivity contribution in [3.05, 3.63) is 47.8 Å². The third-order valence-corrected chi connectivity index (χ3v) is 6.30. The van der Waals surface area contributed by atoms with Crippen molar-refractivity contribution in [2.45, 2.75) is 31.7 Å². The van der Waals surface area contributed by atoms with Gasteiger partial charge >= 0.3 is 0 Å². The van der Waals surface area contributed by atoms with E-state index in [0.717, 1.165) is 24.9 Å². The van der Waals surface area contributed by atoms with Gasteiger partial charge in [-0.1, -0.05) is 6.08 Å². The molecule has 1 unspecified atom stereocenters. The largest absolute Gasteiger partial charge is 0.487 e. The van der Waals surface area contributed by atoms with Crippen molar-refractivity contribution in [3.8, 4) is 11.8 Å². The molecule has 12 heteroatoms. The highest BCUT2D eigenvalue weighted by molar-refractivity contribution is 5.96. The smallest absolute Gasteiger partial charge is 0.273 e. The number of amides is 1. The van der Waals surface area contributed by atoms with Crippen molar-refractivity contribution in [2.24, 2.45) is 0 Å². The number of hydrogen-bond donors (Lipinski definition) is 4. The molecule has 0 aliphatic carbocycles. The number of nitriles is 1. The van der Waals surface area contributed by atoms with Crippen LogP contribution in [0.1, 0.15) is 30.4 Å². The minimum Gasteiger partial charge on any atom is -0.487 e. The molecule has 12 nitrogen and oxygen atoms in total. The third kappa shape index (κ3) is 4.53. The molecule has 2 aliphatic heterocycles. The summed E-state index contributed by atoms with van der Waals surface area (Å²) in [4.78, 5) is 13.7. The van der Waals surface area contributed by atoms with Gasteiger partial charge in [-0.25, -0.2) is 0 Å². The summed E-state index contributed by atoms with van der Waals surface area (Å²) in [7, 11) is 0. The lowest BCUT2D eigenvalue weighted by molar-refractivity contribution is -0.749. The van der Waals surface area contributed by atoms with E-state index in [1.807, 2.05) is 11.1 Å². The van der Waals surface area contributed by atoms with Crippen molar-refractivity contribution in [3.63, 3.8) is 0 Å². The Hall–Kier alpha value is -4.21. The molecule has 2 aliphatic rings. The van der Waals surface area contributed by atoms with Crippen molar-refractivity contribution < 1.29 is 24.5 Å². The zero-order valence-corrected chi connectivity index (χ0v) is 19.6. The number of aromatic nitrogens is 4. The van der Waals surface area contributed by atoms with E-state index >= 15 is 0 Å². The number of ether oxygens (including phenoxy) is 1. The maximum atomic E-state index is 12.0. The molecule has 0 spiro atoms. The number of carbonyl (C=O) groups is 1. The van der Waals surface area contributed by atoms with Gasteiger partial charge in [0.15, 0.2) is 0 Å². The molecule has 0 radical (unpaired) electrons. The van der Waals surface area contributed by atoms with E-state index in [1.54, 1.807) is 33.7 Å². The maximum Gasteiger partial charge on any atom is 0.273 e. The average Bonchev–Trinajstić information content (AvgIpc) is 3.53. The van der Waals surface area contributed by atoms with Gasteiger partial charge in [0, 0.05) is 23.0 Å². The summed E-state index contributed by atoms with van der Waals surface area (Å²) in [5.41, 5.74) is 3.00. The van der Waals surface area contributed by atoms with E-state index in [2.05, 4.69) is 26.9 Å². The quantitative estimate of drug-likeness (QED) is 0.261. The molecule has 5 rings (SSSR count). The van der Waals surface area contributed by atoms with Crippen LogP contribution in [0, 0.1) is 11.3 Å². The summed E-state index contributed by atoms with van der Waals surface area (Å²) in [6.07, 6.45) is 9.26. The first-order chi connectivity index (χ1) is 17.6. The number of nitrogens with one attached hydrogen (secondary N) is 2. The topological polar surface area (TPSA) is 152 Å². The normalized spacial score (nSPS) is 17.3. The summed E-state index contributed by atoms with van der Waals surface area (Å²) in [6.45, 7) is 0.885. The van der Waals surface area contributed by atoms with Gasteiger partial charge in [0.2, 0.25) is 17.4 Å². The number of carbonyl (C=O) groups excluding carboxylic acids is 1. The predicted octanol–water partition coefficient (Wildman–Crippen LogP) is 0.537. The summed E-state index contributed by atoms with van der Waals surface area (Å²) >= 11 is 0. The molecule has 0 bridgehead atoms. The lowest BCUT2D eigenvalue weighted by Crippen LogP contribution is -2.63. The predicted molar refractivity (Wildman–Crippen MR) is 129 cm³/mol. The molecule has 186 valence electrons. The monoisotopic (exact) mass is 491 g/mol. The van der Waals surface area contributed by atoms with Crippen LogP contribution in [0.5, 0.6) is 5.75 Å². The maximum absolute atomic E-state index is 12.0. The fourth-order valence-electron chi connectivity index (χ4n) is 4.55. The number of fused-ring (bicyclic) bond motifs is 2. The van der Waals surface area contributed by atoms with Gasteiger partial charge < -0.3 is 25.6 Å². The molecular formula is C24H27N8O4+. The molecule has 3 aromatic rings. The summed E-state index contributed by atoms with van der Waals surface area (Å²) in [6, 6.07) is 5.80. The third-order valence-electron chi connectivity index (χ3n) is 6.30. The summed E-state index contributed by atoms with van der Waals surface area (Å²) < 4.78 is 7.46. The lowest BCUT2D eigenvalue weighted by Gasteiger charge is -2.22. The van der Waals surface area contributed by atoms with E-state index in [4.69, 9.17) is 9.84 Å². The van der Waals surface area contributed by atoms with Crippen molar-refractivity contribution in [1.82, 2.24) is 14.7 Å². The van der Waals surface area contributed by atoms with Gasteiger partial charge in [0.25, 0.3) is 6.20 Å². The second-order valence-corrected chi connectivity index (χ2v) is 8.63. The zero-order valence-electron chi connectivity index (χ0n) is 19.6. The van der Waals surface area contributed by atoms with Crippen LogP contribution in [-0.4, -0.2) is 63.2 Å². The van der Waals surface area contributed by atoms with E-state index in [-0.39, 0.29) is 31.8 Å². The van der Waals surface area contributed by atoms with E-state index in [9.17, 15) is 15.2 Å². The van der Waals surface area contributed by atoms with Gasteiger partial charge in [-0.3, -0.25) is 4.79 Å². The van der Waals surface area contributed by atoms with Crippen LogP contribution >= 0.6 is 0 Å². The Morgan fingerprint density at radius 3 is 3.03 bits per heavy atom. The molecule has 1 saturated heterocycles. The minimum absolute atomic E-state index is 0.00889. The highest BCUT2D eigenvalue weighted by atomic mass is 16.5. The standard InChI is InChI=1S/C24H26N8O4/c25-12-17-13-26-32-21(14-31(29-24(17)32)30-7-3-4-19(30)15-34)27-18-10-16-5-6-22(35)28-23(16)20(11-18)36-9-2-1-8-33/h1-2,10-11,13-14,19,25,33-34H,3-9,15H2/p+1/b2-1+. The van der Waals surface area contributed by atoms with E-state index in [1.165, 1.54) is 6.20 Å². The number of anilines is 3. The Morgan fingerprint density at radius 2 is 2.22 bits per heavy atom. The number of hydrogen-bond acceptors (Lipinski definition) is 9. The van der Waals surface area contributed by atoms with Crippen LogP contribution in [-0.2, 0) is 11.2 Å². The molecular weight excluding hydrogens is 464 g/mol. The summed E-state index contributed by atoms with van der Waals surface area (Å²) in [5, 5.41) is 45.6. The number of aliphatic hydroxyl groups excluding tert-OH is 2. The average molecular weight is 492 g/mol. The first-order valence-corrected chi connectivity index (χ1v) is 11.8. The van der Waals surface area contributed by atoms with Crippen LogP contribution in [0.25, 0.3) is 5.65 Å². The van der Waals surface area contributed by atoms with E-state index < -0.39 is 0 Å². The first kappa shape index (κ1) is 23.5. The molecule has 0 saturated carbocycles. The van der Waals surface area contributed by atoms with Crippen LogP contribution in [0.3, 0.4) is 0 Å². The van der Waals surface area contributed by atoms with E-state index in [0.29, 0.717) is 47.0 Å². The van der Waals surface area contributed by atoms with Crippen molar-refractivity contribution in [2.75, 3.05) is 42.0 Å². The molecule has 36 heavy (non-hydrogen) atoms. The Labute approximate surface area is 207 Å². The Kier molecular flexibility index (Phi) is 6.66. The Balaban J connectivity index is 1.55. The lowest BCUT2D eigenvalue weighted by atomic mass is 10.0. The number of benzene rings is 1. The minimum atomic E-state index is -0.0828. The van der Waals surface area contributed by atoms with Gasteiger partial charge in [-0.15, -0.1) is 0 Å². The molecule has 1 aromatic carbocycles. The number of nitrogens with zero attached hydrogens (tertiary/aromatic N) is 6. The zero-order chi connectivity index (χ0) is 25.1. The van der Waals surface area contributed by atoms with Gasteiger partial charge in [0.1, 0.15) is 30.0 Å².